The van der Waals surface area contributed by atoms with Gasteiger partial charge in [0.1, 0.15) is 11.7 Å². The summed E-state index contributed by atoms with van der Waals surface area (Å²) >= 11 is 0. The lowest BCUT2D eigenvalue weighted by molar-refractivity contribution is -0.383. The Morgan fingerprint density at radius 1 is 1.12 bits per heavy atom. The highest BCUT2D eigenvalue weighted by atomic mass is 16.6. The van der Waals surface area contributed by atoms with Crippen LogP contribution in [-0.4, -0.2) is 30.0 Å². The highest BCUT2D eigenvalue weighted by Gasteiger charge is 2.18. The monoisotopic (exact) mass is 343 g/mol. The summed E-state index contributed by atoms with van der Waals surface area (Å²) in [6.07, 6.45) is 0. The van der Waals surface area contributed by atoms with Crippen LogP contribution in [0.1, 0.15) is 17.3 Å². The Labute approximate surface area is 144 Å². The summed E-state index contributed by atoms with van der Waals surface area (Å²) in [5.74, 6) is -0.875. The van der Waals surface area contributed by atoms with Crippen LogP contribution in [0.25, 0.3) is 0 Å². The van der Waals surface area contributed by atoms with Crippen LogP contribution in [0.2, 0.25) is 0 Å². The molecule has 0 fully saturated rings. The molecule has 2 aromatic carbocycles. The number of nitrogens with one attached hydrogen (secondary N) is 2. The van der Waals surface area contributed by atoms with E-state index in [0.717, 1.165) is 0 Å². The zero-order valence-corrected chi connectivity index (χ0v) is 13.7. The van der Waals surface area contributed by atoms with Crippen molar-refractivity contribution in [3.05, 3.63) is 64.2 Å². The average molecular weight is 343 g/mol. The number of hydrogen-bond acceptors (Lipinski definition) is 6. The van der Waals surface area contributed by atoms with Crippen molar-refractivity contribution in [2.24, 2.45) is 0 Å². The van der Waals surface area contributed by atoms with Gasteiger partial charge in [-0.1, -0.05) is 12.1 Å². The zero-order valence-electron chi connectivity index (χ0n) is 13.7. The molecule has 2 aromatic rings. The zero-order chi connectivity index (χ0) is 18.4. The third kappa shape index (κ3) is 4.54. The van der Waals surface area contributed by atoms with Gasteiger partial charge in [0.2, 0.25) is 5.91 Å². The molecule has 0 spiro atoms. The molecule has 0 saturated carbocycles. The van der Waals surface area contributed by atoms with Gasteiger partial charge < -0.3 is 15.4 Å². The lowest BCUT2D eigenvalue weighted by Gasteiger charge is -2.15. The number of methoxy groups -OCH3 is 1. The lowest BCUT2D eigenvalue weighted by atomic mass is 10.2. The second-order valence-electron chi connectivity index (χ2n) is 5.20. The number of hydrogen-bond donors (Lipinski definition) is 2. The summed E-state index contributed by atoms with van der Waals surface area (Å²) in [4.78, 5) is 34.0. The fourth-order valence-corrected chi connectivity index (χ4v) is 2.12. The van der Waals surface area contributed by atoms with E-state index in [9.17, 15) is 19.7 Å². The van der Waals surface area contributed by atoms with E-state index in [1.165, 1.54) is 25.3 Å². The molecular weight excluding hydrogens is 326 g/mol. The number of amides is 1. The Morgan fingerprint density at radius 2 is 1.76 bits per heavy atom. The number of esters is 1. The smallest absolute Gasteiger partial charge is 0.337 e. The maximum absolute atomic E-state index is 12.2. The predicted octanol–water partition coefficient (Wildman–Crippen LogP) is 2.82. The summed E-state index contributed by atoms with van der Waals surface area (Å²) in [5, 5.41) is 16.5. The predicted molar refractivity (Wildman–Crippen MR) is 92.6 cm³/mol. The molecule has 0 heterocycles. The highest BCUT2D eigenvalue weighted by molar-refractivity contribution is 5.98. The van der Waals surface area contributed by atoms with Gasteiger partial charge in [0, 0.05) is 11.8 Å². The first-order chi connectivity index (χ1) is 11.9. The van der Waals surface area contributed by atoms with Gasteiger partial charge in [0.05, 0.1) is 17.6 Å². The van der Waals surface area contributed by atoms with Gasteiger partial charge in [0.15, 0.2) is 0 Å². The average Bonchev–Trinajstić information content (AvgIpc) is 2.61. The Hall–Kier alpha value is -3.42. The normalized spacial score (nSPS) is 11.3. The number of nitro benzene ring substituents is 1. The number of nitro groups is 1. The van der Waals surface area contributed by atoms with Crippen molar-refractivity contribution in [2.75, 3.05) is 17.7 Å². The highest BCUT2D eigenvalue weighted by Crippen LogP contribution is 2.23. The van der Waals surface area contributed by atoms with Gasteiger partial charge in [0.25, 0.3) is 5.69 Å². The number of carbonyl (C=O) groups is 2. The van der Waals surface area contributed by atoms with Gasteiger partial charge >= 0.3 is 5.97 Å². The van der Waals surface area contributed by atoms with Gasteiger partial charge in [-0.2, -0.15) is 0 Å². The summed E-state index contributed by atoms with van der Waals surface area (Å²) in [6.45, 7) is 1.62. The molecule has 8 nitrogen and oxygen atoms in total. The molecule has 0 saturated heterocycles. The number of benzene rings is 2. The minimum absolute atomic E-state index is 0.132. The molecule has 0 aliphatic heterocycles. The van der Waals surface area contributed by atoms with E-state index in [-0.39, 0.29) is 11.4 Å². The fourth-order valence-electron chi connectivity index (χ4n) is 2.12. The number of anilines is 2. The third-order valence-corrected chi connectivity index (χ3v) is 3.44. The maximum atomic E-state index is 12.2. The van der Waals surface area contributed by atoms with E-state index in [2.05, 4.69) is 15.4 Å². The van der Waals surface area contributed by atoms with Gasteiger partial charge in [-0.15, -0.1) is 0 Å². The van der Waals surface area contributed by atoms with Gasteiger partial charge in [-0.25, -0.2) is 4.79 Å². The topological polar surface area (TPSA) is 111 Å². The van der Waals surface area contributed by atoms with E-state index >= 15 is 0 Å². The van der Waals surface area contributed by atoms with Crippen LogP contribution < -0.4 is 10.6 Å². The largest absolute Gasteiger partial charge is 0.465 e. The molecule has 0 bridgehead atoms. The summed E-state index contributed by atoms with van der Waals surface area (Å²) in [7, 11) is 1.30. The lowest BCUT2D eigenvalue weighted by Crippen LogP contribution is -2.32. The van der Waals surface area contributed by atoms with Crippen LogP contribution in [-0.2, 0) is 9.53 Å². The van der Waals surface area contributed by atoms with Crippen molar-refractivity contribution in [1.82, 2.24) is 0 Å². The first kappa shape index (κ1) is 17.9. The molecule has 2 N–H and O–H groups in total. The number of para-hydroxylation sites is 2. The number of ether oxygens (including phenoxy) is 1. The Bertz CT molecular complexity index is 789. The molecule has 0 aliphatic carbocycles. The number of carbonyl (C=O) groups excluding carboxylic acids is 2. The van der Waals surface area contributed by atoms with Crippen LogP contribution in [0.3, 0.4) is 0 Å². The summed E-state index contributed by atoms with van der Waals surface area (Å²) < 4.78 is 4.61. The molecule has 0 radical (unpaired) electrons. The van der Waals surface area contributed by atoms with Crippen molar-refractivity contribution in [3.8, 4) is 0 Å². The molecule has 130 valence electrons. The molecular formula is C17H17N3O5. The van der Waals surface area contributed by atoms with Gasteiger partial charge in [-0.05, 0) is 37.3 Å². The standard InChI is InChI=1S/C17H17N3O5/c1-11(18-13-9-7-12(8-10-13)17(22)25-2)16(21)19-14-5-3-4-6-15(14)20(23)24/h3-11,18H,1-2H3,(H,19,21)/t11-/m1/s1. The molecule has 1 amide bonds. The minimum Gasteiger partial charge on any atom is -0.465 e. The molecule has 1 atom stereocenters. The molecule has 8 heteroatoms. The Morgan fingerprint density at radius 3 is 2.36 bits per heavy atom. The second-order valence-corrected chi connectivity index (χ2v) is 5.20. The quantitative estimate of drug-likeness (QED) is 0.474. The minimum atomic E-state index is -0.649. The second kappa shape index (κ2) is 7.91. The number of rotatable bonds is 6. The summed E-state index contributed by atoms with van der Waals surface area (Å²) in [6, 6.07) is 11.7. The molecule has 25 heavy (non-hydrogen) atoms. The Kier molecular flexibility index (Phi) is 5.67. The SMILES string of the molecule is COC(=O)c1ccc(N[C@H](C)C(=O)Nc2ccccc2[N+](=O)[O-])cc1. The van der Waals surface area contributed by atoms with Crippen molar-refractivity contribution in [1.29, 1.82) is 0 Å². The van der Waals surface area contributed by atoms with Crippen molar-refractivity contribution >= 4 is 28.9 Å². The van der Waals surface area contributed by atoms with Crippen LogP contribution in [0, 0.1) is 10.1 Å². The first-order valence-electron chi connectivity index (χ1n) is 7.41. The van der Waals surface area contributed by atoms with E-state index in [1.807, 2.05) is 0 Å². The van der Waals surface area contributed by atoms with Crippen molar-refractivity contribution in [2.45, 2.75) is 13.0 Å². The Balaban J connectivity index is 2.03. The van der Waals surface area contributed by atoms with Crippen LogP contribution >= 0.6 is 0 Å². The molecule has 0 aromatic heterocycles. The van der Waals surface area contributed by atoms with E-state index < -0.39 is 22.8 Å². The van der Waals surface area contributed by atoms with Crippen LogP contribution in [0.4, 0.5) is 17.1 Å². The first-order valence-corrected chi connectivity index (χ1v) is 7.41. The van der Waals surface area contributed by atoms with E-state index in [4.69, 9.17) is 0 Å². The van der Waals surface area contributed by atoms with Crippen molar-refractivity contribution < 1.29 is 19.2 Å². The van der Waals surface area contributed by atoms with Crippen LogP contribution in [0.5, 0.6) is 0 Å². The van der Waals surface area contributed by atoms with E-state index in [1.54, 1.807) is 37.3 Å². The number of nitrogens with zero attached hydrogens (tertiary/aromatic N) is 1. The third-order valence-electron chi connectivity index (χ3n) is 3.44. The molecule has 2 rings (SSSR count). The van der Waals surface area contributed by atoms with Gasteiger partial charge in [-0.3, -0.25) is 14.9 Å². The molecule has 0 unspecified atom stereocenters. The molecule has 0 aliphatic rings. The fraction of sp³-hybridized carbons (Fsp3) is 0.176. The van der Waals surface area contributed by atoms with Crippen molar-refractivity contribution in [3.63, 3.8) is 0 Å². The maximum Gasteiger partial charge on any atom is 0.337 e. The summed E-state index contributed by atoms with van der Waals surface area (Å²) in [5.41, 5.74) is 0.973. The van der Waals surface area contributed by atoms with E-state index in [0.29, 0.717) is 11.3 Å². The van der Waals surface area contributed by atoms with Crippen LogP contribution in [0.15, 0.2) is 48.5 Å².